The summed E-state index contributed by atoms with van der Waals surface area (Å²) in [6, 6.07) is 8.18. The van der Waals surface area contributed by atoms with Gasteiger partial charge in [-0.1, -0.05) is 23.7 Å². The highest BCUT2D eigenvalue weighted by molar-refractivity contribution is 9.10. The number of aromatic nitrogens is 1. The fraction of sp³-hybridized carbons (Fsp3) is 0. The number of benzene rings is 1. The number of pyridine rings is 1. The van der Waals surface area contributed by atoms with Gasteiger partial charge in [0.15, 0.2) is 0 Å². The molecule has 0 bridgehead atoms. The average molecular weight is 330 g/mol. The first-order chi connectivity index (χ1) is 8.58. The summed E-state index contributed by atoms with van der Waals surface area (Å²) in [5.74, 6) is 0.340. The van der Waals surface area contributed by atoms with Crippen LogP contribution in [0.5, 0.6) is 11.6 Å². The molecule has 0 spiro atoms. The van der Waals surface area contributed by atoms with Gasteiger partial charge in [0, 0.05) is 6.07 Å². The predicted octanol–water partition coefficient (Wildman–Crippen LogP) is 4.20. The molecule has 1 aromatic heterocycles. The van der Waals surface area contributed by atoms with E-state index in [2.05, 4.69) is 20.9 Å². The third-order valence-electron chi connectivity index (χ3n) is 2.04. The normalized spacial score (nSPS) is 10.1. The summed E-state index contributed by atoms with van der Waals surface area (Å²) in [5.41, 5.74) is -0.279. The fourth-order valence-corrected chi connectivity index (χ4v) is 1.77. The van der Waals surface area contributed by atoms with Gasteiger partial charge < -0.3 is 4.74 Å². The van der Waals surface area contributed by atoms with E-state index in [4.69, 9.17) is 16.3 Å². The van der Waals surface area contributed by atoms with Crippen LogP contribution in [0.3, 0.4) is 0 Å². The number of hydrogen-bond donors (Lipinski definition) is 0. The van der Waals surface area contributed by atoms with Gasteiger partial charge in [-0.25, -0.2) is 4.98 Å². The zero-order valence-corrected chi connectivity index (χ0v) is 11.2. The number of nitro groups is 1. The van der Waals surface area contributed by atoms with E-state index in [0.717, 1.165) is 0 Å². The molecular weight excluding hydrogens is 323 g/mol. The van der Waals surface area contributed by atoms with E-state index in [-0.39, 0.29) is 16.6 Å². The van der Waals surface area contributed by atoms with Crippen LogP contribution in [0.25, 0.3) is 0 Å². The number of para-hydroxylation sites is 1. The number of halogens is 2. The number of rotatable bonds is 3. The molecule has 0 unspecified atom stereocenters. The maximum Gasteiger partial charge on any atom is 0.332 e. The first kappa shape index (κ1) is 12.8. The minimum atomic E-state index is -0.592. The van der Waals surface area contributed by atoms with Gasteiger partial charge in [-0.3, -0.25) is 10.1 Å². The van der Waals surface area contributed by atoms with Gasteiger partial charge in [0.1, 0.15) is 5.75 Å². The molecule has 0 fully saturated rings. The van der Waals surface area contributed by atoms with Crippen LogP contribution in [0.1, 0.15) is 0 Å². The van der Waals surface area contributed by atoms with E-state index >= 15 is 0 Å². The van der Waals surface area contributed by atoms with Crippen LogP contribution in [-0.2, 0) is 0 Å². The molecule has 0 amide bonds. The van der Waals surface area contributed by atoms with Crippen LogP contribution in [-0.4, -0.2) is 9.91 Å². The maximum atomic E-state index is 10.9. The Hall–Kier alpha value is -1.66. The molecule has 0 N–H and O–H groups in total. The van der Waals surface area contributed by atoms with Crippen molar-refractivity contribution in [3.8, 4) is 11.6 Å². The van der Waals surface area contributed by atoms with Crippen molar-refractivity contribution in [2.75, 3.05) is 0 Å². The van der Waals surface area contributed by atoms with Gasteiger partial charge >= 0.3 is 5.69 Å². The molecule has 0 aliphatic rings. The Kier molecular flexibility index (Phi) is 3.78. The lowest BCUT2D eigenvalue weighted by molar-refractivity contribution is -0.386. The molecule has 18 heavy (non-hydrogen) atoms. The first-order valence-corrected chi connectivity index (χ1v) is 5.97. The second kappa shape index (κ2) is 5.32. The van der Waals surface area contributed by atoms with E-state index in [9.17, 15) is 10.1 Å². The van der Waals surface area contributed by atoms with Gasteiger partial charge in [0.05, 0.1) is 20.6 Å². The topological polar surface area (TPSA) is 65.3 Å². The SMILES string of the molecule is O=[N+]([O-])c1cc(Cl)cnc1Oc1ccccc1Br. The van der Waals surface area contributed by atoms with Gasteiger partial charge in [-0.05, 0) is 28.1 Å². The molecular formula is C11H6BrClN2O3. The minimum Gasteiger partial charge on any atom is -0.432 e. The highest BCUT2D eigenvalue weighted by atomic mass is 79.9. The van der Waals surface area contributed by atoms with Gasteiger partial charge in [0.2, 0.25) is 0 Å². The molecule has 0 aliphatic carbocycles. The van der Waals surface area contributed by atoms with Crippen molar-refractivity contribution in [3.63, 3.8) is 0 Å². The fourth-order valence-electron chi connectivity index (χ4n) is 1.26. The maximum absolute atomic E-state index is 10.9. The van der Waals surface area contributed by atoms with E-state index in [0.29, 0.717) is 10.2 Å². The zero-order chi connectivity index (χ0) is 13.1. The Morgan fingerprint density at radius 2 is 2.11 bits per heavy atom. The Morgan fingerprint density at radius 1 is 1.39 bits per heavy atom. The van der Waals surface area contributed by atoms with Crippen LogP contribution in [0, 0.1) is 10.1 Å². The molecule has 2 rings (SSSR count). The highest BCUT2D eigenvalue weighted by Crippen LogP contribution is 2.34. The summed E-state index contributed by atoms with van der Waals surface area (Å²) in [5, 5.41) is 11.0. The molecule has 1 aromatic carbocycles. The summed E-state index contributed by atoms with van der Waals surface area (Å²) in [7, 11) is 0. The Bertz CT molecular complexity index is 607. The van der Waals surface area contributed by atoms with Crippen molar-refractivity contribution in [3.05, 3.63) is 56.1 Å². The van der Waals surface area contributed by atoms with Crippen LogP contribution in [0.15, 0.2) is 41.0 Å². The van der Waals surface area contributed by atoms with Crippen LogP contribution < -0.4 is 4.74 Å². The molecule has 0 saturated carbocycles. The minimum absolute atomic E-state index is 0.101. The molecule has 0 saturated heterocycles. The summed E-state index contributed by atoms with van der Waals surface area (Å²) in [6.07, 6.45) is 1.29. The molecule has 5 nitrogen and oxygen atoms in total. The van der Waals surface area contributed by atoms with Crippen molar-refractivity contribution in [1.82, 2.24) is 4.98 Å². The third-order valence-corrected chi connectivity index (χ3v) is 2.90. The molecule has 1 heterocycles. The molecule has 7 heteroatoms. The lowest BCUT2D eigenvalue weighted by Crippen LogP contribution is -1.96. The monoisotopic (exact) mass is 328 g/mol. The van der Waals surface area contributed by atoms with Crippen LogP contribution in [0.4, 0.5) is 5.69 Å². The van der Waals surface area contributed by atoms with Gasteiger partial charge in [-0.2, -0.15) is 0 Å². The summed E-state index contributed by atoms with van der Waals surface area (Å²) in [6.45, 7) is 0. The lowest BCUT2D eigenvalue weighted by atomic mass is 10.3. The summed E-state index contributed by atoms with van der Waals surface area (Å²) >= 11 is 8.94. The molecule has 2 aromatic rings. The quantitative estimate of drug-likeness (QED) is 0.625. The zero-order valence-electron chi connectivity index (χ0n) is 8.84. The lowest BCUT2D eigenvalue weighted by Gasteiger charge is -2.06. The molecule has 0 aliphatic heterocycles. The molecule has 0 radical (unpaired) electrons. The molecule has 0 atom stereocenters. The standard InChI is InChI=1S/C11H6BrClN2O3/c12-8-3-1-2-4-10(8)18-11-9(15(16)17)5-7(13)6-14-11/h1-6H. The Labute approximate surface area is 116 Å². The van der Waals surface area contributed by atoms with Crippen molar-refractivity contribution >= 4 is 33.2 Å². The van der Waals surface area contributed by atoms with Crippen molar-refractivity contribution in [1.29, 1.82) is 0 Å². The van der Waals surface area contributed by atoms with Crippen LogP contribution >= 0.6 is 27.5 Å². The Balaban J connectivity index is 2.41. The first-order valence-electron chi connectivity index (χ1n) is 4.80. The highest BCUT2D eigenvalue weighted by Gasteiger charge is 2.19. The van der Waals surface area contributed by atoms with Crippen molar-refractivity contribution in [2.24, 2.45) is 0 Å². The van der Waals surface area contributed by atoms with E-state index in [1.165, 1.54) is 12.3 Å². The largest absolute Gasteiger partial charge is 0.432 e. The molecule has 92 valence electrons. The predicted molar refractivity (Wildman–Crippen MR) is 70.1 cm³/mol. The number of ether oxygens (including phenoxy) is 1. The van der Waals surface area contributed by atoms with Gasteiger partial charge in [0.25, 0.3) is 5.88 Å². The van der Waals surface area contributed by atoms with E-state index in [1.54, 1.807) is 24.3 Å². The van der Waals surface area contributed by atoms with Crippen molar-refractivity contribution in [2.45, 2.75) is 0 Å². The summed E-state index contributed by atoms with van der Waals surface area (Å²) in [4.78, 5) is 14.1. The van der Waals surface area contributed by atoms with E-state index < -0.39 is 4.92 Å². The van der Waals surface area contributed by atoms with Gasteiger partial charge in [-0.15, -0.1) is 0 Å². The number of nitrogens with zero attached hydrogens (tertiary/aromatic N) is 2. The summed E-state index contributed by atoms with van der Waals surface area (Å²) < 4.78 is 6.08. The van der Waals surface area contributed by atoms with Crippen molar-refractivity contribution < 1.29 is 9.66 Å². The Morgan fingerprint density at radius 3 is 2.78 bits per heavy atom. The van der Waals surface area contributed by atoms with E-state index in [1.807, 2.05) is 0 Å². The second-order valence-corrected chi connectivity index (χ2v) is 4.56. The average Bonchev–Trinajstić information content (AvgIpc) is 2.34. The van der Waals surface area contributed by atoms with Crippen LogP contribution in [0.2, 0.25) is 5.02 Å². The number of hydrogen-bond acceptors (Lipinski definition) is 4. The third kappa shape index (κ3) is 2.77. The smallest absolute Gasteiger partial charge is 0.332 e. The second-order valence-electron chi connectivity index (χ2n) is 3.27.